The van der Waals surface area contributed by atoms with Gasteiger partial charge in [0.15, 0.2) is 0 Å². The zero-order valence-corrected chi connectivity index (χ0v) is 17.1. The highest BCUT2D eigenvalue weighted by Crippen LogP contribution is 2.33. The normalized spacial score (nSPS) is 15.8. The summed E-state index contributed by atoms with van der Waals surface area (Å²) in [6, 6.07) is 23.0. The van der Waals surface area contributed by atoms with Crippen molar-refractivity contribution in [2.75, 3.05) is 16.3 Å². The third-order valence-electron chi connectivity index (χ3n) is 5.31. The molecular weight excluding hydrogens is 384 g/mol. The fourth-order valence-electron chi connectivity index (χ4n) is 3.72. The third kappa shape index (κ3) is 3.40. The van der Waals surface area contributed by atoms with Crippen molar-refractivity contribution >= 4 is 27.3 Å². The van der Waals surface area contributed by atoms with Gasteiger partial charge in [-0.3, -0.25) is 9.10 Å². The van der Waals surface area contributed by atoms with E-state index in [-0.39, 0.29) is 16.8 Å². The van der Waals surface area contributed by atoms with Crippen LogP contribution in [0.25, 0.3) is 0 Å². The first kappa shape index (κ1) is 19.2. The zero-order valence-electron chi connectivity index (χ0n) is 16.3. The molecule has 5 nitrogen and oxygen atoms in total. The SMILES string of the molecule is C[C@@H]1Cc2ccccc2N1C(=O)c1ccc(N(C)S(=O)(=O)c2ccccc2)cc1. The number of carbonyl (C=O) groups is 1. The van der Waals surface area contributed by atoms with E-state index in [2.05, 4.69) is 0 Å². The Bertz CT molecular complexity index is 1140. The molecule has 148 valence electrons. The van der Waals surface area contributed by atoms with E-state index in [1.165, 1.54) is 16.9 Å². The molecule has 0 N–H and O–H groups in total. The van der Waals surface area contributed by atoms with Crippen LogP contribution < -0.4 is 9.21 Å². The maximum Gasteiger partial charge on any atom is 0.264 e. The fourth-order valence-corrected chi connectivity index (χ4v) is 4.93. The Morgan fingerprint density at radius 1 is 0.931 bits per heavy atom. The molecule has 1 aliphatic heterocycles. The molecule has 0 aromatic heterocycles. The van der Waals surface area contributed by atoms with Gasteiger partial charge in [0.2, 0.25) is 0 Å². The van der Waals surface area contributed by atoms with E-state index >= 15 is 0 Å². The van der Waals surface area contributed by atoms with Gasteiger partial charge < -0.3 is 4.90 Å². The molecule has 0 spiro atoms. The lowest BCUT2D eigenvalue weighted by Gasteiger charge is -2.23. The predicted molar refractivity (Wildman–Crippen MR) is 115 cm³/mol. The second-order valence-electron chi connectivity index (χ2n) is 7.19. The lowest BCUT2D eigenvalue weighted by atomic mass is 10.1. The van der Waals surface area contributed by atoms with E-state index in [4.69, 9.17) is 0 Å². The summed E-state index contributed by atoms with van der Waals surface area (Å²) in [4.78, 5) is 15.2. The molecule has 0 bridgehead atoms. The van der Waals surface area contributed by atoms with Crippen LogP contribution >= 0.6 is 0 Å². The van der Waals surface area contributed by atoms with Gasteiger partial charge in [0.1, 0.15) is 0 Å². The number of benzene rings is 3. The van der Waals surface area contributed by atoms with Crippen molar-refractivity contribution in [3.05, 3.63) is 90.0 Å². The number of hydrogen-bond acceptors (Lipinski definition) is 3. The minimum Gasteiger partial charge on any atom is -0.305 e. The summed E-state index contributed by atoms with van der Waals surface area (Å²) < 4.78 is 26.8. The van der Waals surface area contributed by atoms with Gasteiger partial charge in [0, 0.05) is 24.3 Å². The molecule has 0 saturated heterocycles. The van der Waals surface area contributed by atoms with Crippen LogP contribution in [0, 0.1) is 0 Å². The molecule has 1 heterocycles. The van der Waals surface area contributed by atoms with Crippen LogP contribution in [0.4, 0.5) is 11.4 Å². The van der Waals surface area contributed by atoms with Crippen molar-refractivity contribution in [1.29, 1.82) is 0 Å². The minimum atomic E-state index is -3.65. The van der Waals surface area contributed by atoms with Crippen LogP contribution in [0.1, 0.15) is 22.8 Å². The number of para-hydroxylation sites is 1. The molecule has 0 saturated carbocycles. The lowest BCUT2D eigenvalue weighted by Crippen LogP contribution is -2.35. The topological polar surface area (TPSA) is 57.7 Å². The first-order valence-electron chi connectivity index (χ1n) is 9.45. The van der Waals surface area contributed by atoms with E-state index in [0.717, 1.165) is 12.1 Å². The highest BCUT2D eigenvalue weighted by molar-refractivity contribution is 7.92. The van der Waals surface area contributed by atoms with Crippen molar-refractivity contribution < 1.29 is 13.2 Å². The van der Waals surface area contributed by atoms with Crippen LogP contribution in [0.5, 0.6) is 0 Å². The van der Waals surface area contributed by atoms with Crippen molar-refractivity contribution in [3.8, 4) is 0 Å². The Balaban J connectivity index is 1.59. The number of rotatable bonds is 4. The molecule has 0 aliphatic carbocycles. The summed E-state index contributed by atoms with van der Waals surface area (Å²) in [5.74, 6) is -0.0810. The molecule has 29 heavy (non-hydrogen) atoms. The van der Waals surface area contributed by atoms with Crippen molar-refractivity contribution in [2.45, 2.75) is 24.3 Å². The number of hydrogen-bond donors (Lipinski definition) is 0. The molecule has 1 atom stereocenters. The average molecular weight is 407 g/mol. The zero-order chi connectivity index (χ0) is 20.6. The third-order valence-corrected chi connectivity index (χ3v) is 7.11. The second kappa shape index (κ2) is 7.37. The number of carbonyl (C=O) groups excluding carboxylic acids is 1. The van der Waals surface area contributed by atoms with E-state index in [1.807, 2.05) is 36.1 Å². The van der Waals surface area contributed by atoms with E-state index < -0.39 is 10.0 Å². The second-order valence-corrected chi connectivity index (χ2v) is 9.16. The van der Waals surface area contributed by atoms with Crippen LogP contribution in [0.2, 0.25) is 0 Å². The number of sulfonamides is 1. The largest absolute Gasteiger partial charge is 0.305 e. The summed E-state index contributed by atoms with van der Waals surface area (Å²) >= 11 is 0. The summed E-state index contributed by atoms with van der Waals surface area (Å²) in [5.41, 5.74) is 3.14. The van der Waals surface area contributed by atoms with Gasteiger partial charge in [-0.05, 0) is 61.4 Å². The first-order chi connectivity index (χ1) is 13.9. The average Bonchev–Trinajstić information content (AvgIpc) is 3.09. The molecule has 1 aliphatic rings. The number of anilines is 2. The molecule has 6 heteroatoms. The quantitative estimate of drug-likeness (QED) is 0.655. The summed E-state index contributed by atoms with van der Waals surface area (Å²) in [6.45, 7) is 2.03. The predicted octanol–water partition coefficient (Wildman–Crippen LogP) is 4.10. The Kier molecular flexibility index (Phi) is 4.88. The van der Waals surface area contributed by atoms with Crippen molar-refractivity contribution in [1.82, 2.24) is 0 Å². The molecule has 0 radical (unpaired) electrons. The molecule has 3 aromatic rings. The van der Waals surface area contributed by atoms with Gasteiger partial charge in [-0.15, -0.1) is 0 Å². The van der Waals surface area contributed by atoms with E-state index in [9.17, 15) is 13.2 Å². The van der Waals surface area contributed by atoms with Crippen LogP contribution in [0.15, 0.2) is 83.8 Å². The number of nitrogens with zero attached hydrogens (tertiary/aromatic N) is 2. The standard InChI is InChI=1S/C23H22N2O3S/c1-17-16-19-8-6-7-11-22(19)25(17)23(26)18-12-14-20(15-13-18)24(2)29(27,28)21-9-4-3-5-10-21/h3-15,17H,16H2,1-2H3/t17-/m1/s1. The molecule has 3 aromatic carbocycles. The Morgan fingerprint density at radius 2 is 1.55 bits per heavy atom. The smallest absolute Gasteiger partial charge is 0.264 e. The van der Waals surface area contributed by atoms with Crippen LogP contribution in [0.3, 0.4) is 0 Å². The summed E-state index contributed by atoms with van der Waals surface area (Å²) in [7, 11) is -2.14. The number of fused-ring (bicyclic) bond motifs is 1. The van der Waals surface area contributed by atoms with Crippen molar-refractivity contribution in [3.63, 3.8) is 0 Å². The molecule has 1 amide bonds. The molecular formula is C23H22N2O3S. The van der Waals surface area contributed by atoms with E-state index in [1.54, 1.807) is 54.6 Å². The Hall–Kier alpha value is -3.12. The summed E-state index contributed by atoms with van der Waals surface area (Å²) in [6.07, 6.45) is 0.831. The Labute approximate surface area is 171 Å². The molecule has 0 fully saturated rings. The highest BCUT2D eigenvalue weighted by atomic mass is 32.2. The maximum atomic E-state index is 13.1. The maximum absolute atomic E-state index is 13.1. The minimum absolute atomic E-state index is 0.0810. The Morgan fingerprint density at radius 3 is 2.24 bits per heavy atom. The van der Waals surface area contributed by atoms with Gasteiger partial charge in [-0.1, -0.05) is 36.4 Å². The van der Waals surface area contributed by atoms with Crippen LogP contribution in [-0.4, -0.2) is 27.4 Å². The van der Waals surface area contributed by atoms with Gasteiger partial charge in [0.25, 0.3) is 15.9 Å². The number of amides is 1. The fraction of sp³-hybridized carbons (Fsp3) is 0.174. The van der Waals surface area contributed by atoms with Gasteiger partial charge >= 0.3 is 0 Å². The van der Waals surface area contributed by atoms with Gasteiger partial charge in [-0.25, -0.2) is 8.42 Å². The molecule has 4 rings (SSSR count). The first-order valence-corrected chi connectivity index (χ1v) is 10.9. The molecule has 0 unspecified atom stereocenters. The van der Waals surface area contributed by atoms with Gasteiger partial charge in [-0.2, -0.15) is 0 Å². The van der Waals surface area contributed by atoms with Gasteiger partial charge in [0.05, 0.1) is 10.6 Å². The van der Waals surface area contributed by atoms with Crippen LogP contribution in [-0.2, 0) is 16.4 Å². The monoisotopic (exact) mass is 406 g/mol. The van der Waals surface area contributed by atoms with Crippen molar-refractivity contribution in [2.24, 2.45) is 0 Å². The lowest BCUT2D eigenvalue weighted by molar-refractivity contribution is 0.0981. The van der Waals surface area contributed by atoms with E-state index in [0.29, 0.717) is 11.3 Å². The summed E-state index contributed by atoms with van der Waals surface area (Å²) in [5, 5.41) is 0. The highest BCUT2D eigenvalue weighted by Gasteiger charge is 2.31.